The predicted octanol–water partition coefficient (Wildman–Crippen LogP) is 3.73. The van der Waals surface area contributed by atoms with Gasteiger partial charge in [-0.05, 0) is 30.3 Å². The van der Waals surface area contributed by atoms with E-state index in [0.29, 0.717) is 11.5 Å². The first-order chi connectivity index (χ1) is 8.56. The van der Waals surface area contributed by atoms with Gasteiger partial charge in [-0.25, -0.2) is 0 Å². The average molecular weight is 309 g/mol. The second-order valence-corrected chi connectivity index (χ2v) is 4.45. The Morgan fingerprint density at radius 1 is 1.17 bits per heavy atom. The number of non-ortho nitro benzene ring substituents is 1. The van der Waals surface area contributed by atoms with E-state index in [0.717, 1.165) is 4.47 Å². The van der Waals surface area contributed by atoms with Crippen LogP contribution in [-0.4, -0.2) is 4.92 Å². The number of nitro benzene ring substituents is 1. The molecule has 0 radical (unpaired) electrons. The molecule has 2 N–H and O–H groups in total. The van der Waals surface area contributed by atoms with Crippen molar-refractivity contribution in [3.63, 3.8) is 0 Å². The van der Waals surface area contributed by atoms with Gasteiger partial charge in [0, 0.05) is 16.6 Å². The summed E-state index contributed by atoms with van der Waals surface area (Å²) in [6.07, 6.45) is 0. The number of rotatable bonds is 3. The van der Waals surface area contributed by atoms with E-state index in [9.17, 15) is 10.1 Å². The molecule has 2 aromatic carbocycles. The lowest BCUT2D eigenvalue weighted by Gasteiger charge is -2.08. The molecule has 0 heterocycles. The van der Waals surface area contributed by atoms with E-state index in [-0.39, 0.29) is 11.4 Å². The molecular weight excluding hydrogens is 300 g/mol. The standard InChI is InChI=1S/C12H9BrN2O3/c13-8-1-4-10(5-2-8)18-12-6-3-9(15(16)17)7-11(12)14/h1-7H,14H2. The molecule has 0 unspecified atom stereocenters. The van der Waals surface area contributed by atoms with Crippen molar-refractivity contribution in [1.29, 1.82) is 0 Å². The zero-order valence-corrected chi connectivity index (χ0v) is 10.8. The molecule has 92 valence electrons. The summed E-state index contributed by atoms with van der Waals surface area (Å²) in [5.41, 5.74) is 5.87. The fourth-order valence-corrected chi connectivity index (χ4v) is 1.64. The third-order valence-electron chi connectivity index (χ3n) is 2.25. The van der Waals surface area contributed by atoms with Crippen LogP contribution in [0.4, 0.5) is 11.4 Å². The van der Waals surface area contributed by atoms with Gasteiger partial charge in [-0.1, -0.05) is 15.9 Å². The molecule has 6 heteroatoms. The van der Waals surface area contributed by atoms with Crippen LogP contribution in [0.2, 0.25) is 0 Å². The smallest absolute Gasteiger partial charge is 0.271 e. The molecule has 2 aromatic rings. The Morgan fingerprint density at radius 3 is 2.39 bits per heavy atom. The molecule has 0 aliphatic rings. The van der Waals surface area contributed by atoms with Crippen LogP contribution in [-0.2, 0) is 0 Å². The number of halogens is 1. The number of hydrogen-bond donors (Lipinski definition) is 1. The van der Waals surface area contributed by atoms with Crippen LogP contribution in [0.15, 0.2) is 46.9 Å². The fourth-order valence-electron chi connectivity index (χ4n) is 1.37. The van der Waals surface area contributed by atoms with E-state index >= 15 is 0 Å². The number of benzene rings is 2. The number of nitro groups is 1. The fraction of sp³-hybridized carbons (Fsp3) is 0. The molecule has 0 aliphatic carbocycles. The maximum absolute atomic E-state index is 10.6. The van der Waals surface area contributed by atoms with Gasteiger partial charge in [0.05, 0.1) is 10.6 Å². The summed E-state index contributed by atoms with van der Waals surface area (Å²) in [5.74, 6) is 1.00. The van der Waals surface area contributed by atoms with Crippen molar-refractivity contribution in [1.82, 2.24) is 0 Å². The van der Waals surface area contributed by atoms with Crippen molar-refractivity contribution in [3.8, 4) is 11.5 Å². The van der Waals surface area contributed by atoms with E-state index in [2.05, 4.69) is 15.9 Å². The van der Waals surface area contributed by atoms with Gasteiger partial charge >= 0.3 is 0 Å². The van der Waals surface area contributed by atoms with E-state index in [4.69, 9.17) is 10.5 Å². The number of nitrogens with two attached hydrogens (primary N) is 1. The Bertz CT molecular complexity index is 584. The molecule has 0 bridgehead atoms. The third kappa shape index (κ3) is 2.78. The lowest BCUT2D eigenvalue weighted by molar-refractivity contribution is -0.384. The lowest BCUT2D eigenvalue weighted by Crippen LogP contribution is -1.94. The van der Waals surface area contributed by atoms with Crippen LogP contribution in [0.1, 0.15) is 0 Å². The molecule has 5 nitrogen and oxygen atoms in total. The minimum atomic E-state index is -0.500. The van der Waals surface area contributed by atoms with Gasteiger partial charge in [-0.15, -0.1) is 0 Å². The highest BCUT2D eigenvalue weighted by Crippen LogP contribution is 2.30. The Morgan fingerprint density at radius 2 is 1.83 bits per heavy atom. The summed E-state index contributed by atoms with van der Waals surface area (Å²) in [6, 6.07) is 11.3. The minimum absolute atomic E-state index is 0.0596. The summed E-state index contributed by atoms with van der Waals surface area (Å²) in [4.78, 5) is 10.1. The van der Waals surface area contributed by atoms with Gasteiger partial charge in [0.2, 0.25) is 0 Å². The van der Waals surface area contributed by atoms with Crippen molar-refractivity contribution in [2.75, 3.05) is 5.73 Å². The van der Waals surface area contributed by atoms with Gasteiger partial charge in [0.25, 0.3) is 5.69 Å². The van der Waals surface area contributed by atoms with Crippen LogP contribution < -0.4 is 10.5 Å². The topological polar surface area (TPSA) is 78.4 Å². The van der Waals surface area contributed by atoms with Gasteiger partial charge in [-0.3, -0.25) is 10.1 Å². The van der Waals surface area contributed by atoms with Crippen LogP contribution in [0.3, 0.4) is 0 Å². The summed E-state index contributed by atoms with van der Waals surface area (Å²) < 4.78 is 6.47. The number of ether oxygens (including phenoxy) is 1. The molecule has 0 fully saturated rings. The van der Waals surface area contributed by atoms with Crippen molar-refractivity contribution < 1.29 is 9.66 Å². The van der Waals surface area contributed by atoms with Crippen LogP contribution in [0, 0.1) is 10.1 Å². The Kier molecular flexibility index (Phi) is 3.47. The first-order valence-electron chi connectivity index (χ1n) is 5.03. The van der Waals surface area contributed by atoms with E-state index in [1.54, 1.807) is 12.1 Å². The van der Waals surface area contributed by atoms with Crippen molar-refractivity contribution >= 4 is 27.3 Å². The molecule has 0 spiro atoms. The normalized spacial score (nSPS) is 10.1. The Hall–Kier alpha value is -2.08. The van der Waals surface area contributed by atoms with Gasteiger partial charge < -0.3 is 10.5 Å². The number of hydrogen-bond acceptors (Lipinski definition) is 4. The molecule has 0 aliphatic heterocycles. The second-order valence-electron chi connectivity index (χ2n) is 3.54. The summed E-state index contributed by atoms with van der Waals surface area (Å²) in [7, 11) is 0. The van der Waals surface area contributed by atoms with E-state index in [1.165, 1.54) is 18.2 Å². The first-order valence-corrected chi connectivity index (χ1v) is 5.83. The number of nitrogens with zero attached hydrogens (tertiary/aromatic N) is 1. The second kappa shape index (κ2) is 5.05. The molecule has 0 atom stereocenters. The molecule has 0 saturated heterocycles. The molecule has 2 rings (SSSR count). The first kappa shape index (κ1) is 12.4. The Balaban J connectivity index is 2.24. The highest BCUT2D eigenvalue weighted by Gasteiger charge is 2.10. The van der Waals surface area contributed by atoms with Gasteiger partial charge in [-0.2, -0.15) is 0 Å². The third-order valence-corrected chi connectivity index (χ3v) is 2.77. The Labute approximate surface area is 111 Å². The maximum Gasteiger partial charge on any atom is 0.271 e. The van der Waals surface area contributed by atoms with E-state index < -0.39 is 4.92 Å². The average Bonchev–Trinajstić information content (AvgIpc) is 2.34. The quantitative estimate of drug-likeness (QED) is 0.532. The zero-order valence-electron chi connectivity index (χ0n) is 9.17. The van der Waals surface area contributed by atoms with Crippen molar-refractivity contribution in [3.05, 3.63) is 57.1 Å². The summed E-state index contributed by atoms with van der Waals surface area (Å²) in [5, 5.41) is 10.6. The monoisotopic (exact) mass is 308 g/mol. The summed E-state index contributed by atoms with van der Waals surface area (Å²) >= 11 is 3.32. The molecule has 0 saturated carbocycles. The molecule has 0 aromatic heterocycles. The number of anilines is 1. The highest BCUT2D eigenvalue weighted by molar-refractivity contribution is 9.10. The molecule has 0 amide bonds. The predicted molar refractivity (Wildman–Crippen MR) is 71.7 cm³/mol. The van der Waals surface area contributed by atoms with Gasteiger partial charge in [0.15, 0.2) is 5.75 Å². The van der Waals surface area contributed by atoms with Crippen molar-refractivity contribution in [2.24, 2.45) is 0 Å². The SMILES string of the molecule is Nc1cc([N+](=O)[O-])ccc1Oc1ccc(Br)cc1. The zero-order chi connectivity index (χ0) is 13.1. The van der Waals surface area contributed by atoms with Crippen LogP contribution >= 0.6 is 15.9 Å². The minimum Gasteiger partial charge on any atom is -0.455 e. The number of nitrogen functional groups attached to an aromatic ring is 1. The van der Waals surface area contributed by atoms with Crippen LogP contribution in [0.25, 0.3) is 0 Å². The molecule has 18 heavy (non-hydrogen) atoms. The van der Waals surface area contributed by atoms with Crippen LogP contribution in [0.5, 0.6) is 11.5 Å². The maximum atomic E-state index is 10.6. The van der Waals surface area contributed by atoms with Gasteiger partial charge in [0.1, 0.15) is 5.75 Å². The lowest BCUT2D eigenvalue weighted by atomic mass is 10.2. The molecular formula is C12H9BrN2O3. The highest BCUT2D eigenvalue weighted by atomic mass is 79.9. The largest absolute Gasteiger partial charge is 0.455 e. The van der Waals surface area contributed by atoms with Crippen molar-refractivity contribution in [2.45, 2.75) is 0 Å². The summed E-state index contributed by atoms with van der Waals surface area (Å²) in [6.45, 7) is 0. The van der Waals surface area contributed by atoms with E-state index in [1.807, 2.05) is 12.1 Å².